The van der Waals surface area contributed by atoms with Crippen molar-refractivity contribution in [3.05, 3.63) is 39.7 Å². The van der Waals surface area contributed by atoms with Crippen LogP contribution in [0.1, 0.15) is 24.4 Å². The number of hydrogen-bond donors (Lipinski definition) is 1. The molecular formula is C15H20N4S2. The highest BCUT2D eigenvalue weighted by Crippen LogP contribution is 2.28. The fourth-order valence-corrected chi connectivity index (χ4v) is 3.89. The highest BCUT2D eigenvalue weighted by molar-refractivity contribution is 7.15. The van der Waals surface area contributed by atoms with Gasteiger partial charge in [-0.3, -0.25) is 4.40 Å². The van der Waals surface area contributed by atoms with E-state index in [9.17, 15) is 0 Å². The number of hydrogen-bond acceptors (Lipinski definition) is 5. The lowest BCUT2D eigenvalue weighted by atomic mass is 10.2. The number of anilines is 1. The summed E-state index contributed by atoms with van der Waals surface area (Å²) in [5, 5.41) is 7.49. The molecule has 21 heavy (non-hydrogen) atoms. The standard InChI is InChI=1S/C15H20N4S2/c1-11(2)19(10-12-5-4-7-20-12)14-13(9-16-3)18-6-8-21-15(18)17-14/h4-8,11,16H,9-10H2,1-3H3. The van der Waals surface area contributed by atoms with E-state index in [1.165, 1.54) is 10.6 Å². The van der Waals surface area contributed by atoms with Gasteiger partial charge < -0.3 is 10.2 Å². The maximum absolute atomic E-state index is 4.87. The second kappa shape index (κ2) is 6.17. The van der Waals surface area contributed by atoms with Gasteiger partial charge in [0.05, 0.1) is 12.2 Å². The molecule has 0 saturated heterocycles. The van der Waals surface area contributed by atoms with Crippen LogP contribution in [0.15, 0.2) is 29.1 Å². The van der Waals surface area contributed by atoms with E-state index in [-0.39, 0.29) is 0 Å². The van der Waals surface area contributed by atoms with Crippen LogP contribution in [-0.2, 0) is 13.1 Å². The Balaban J connectivity index is 2.01. The Morgan fingerprint density at radius 2 is 2.19 bits per heavy atom. The van der Waals surface area contributed by atoms with Crippen molar-refractivity contribution in [1.29, 1.82) is 0 Å². The normalized spacial score (nSPS) is 11.6. The first-order valence-electron chi connectivity index (χ1n) is 7.08. The molecule has 6 heteroatoms. The zero-order chi connectivity index (χ0) is 14.8. The monoisotopic (exact) mass is 320 g/mol. The maximum atomic E-state index is 4.87. The lowest BCUT2D eigenvalue weighted by Crippen LogP contribution is -2.31. The summed E-state index contributed by atoms with van der Waals surface area (Å²) in [6.45, 7) is 6.19. The molecule has 3 rings (SSSR count). The van der Waals surface area contributed by atoms with Crippen LogP contribution in [0.2, 0.25) is 0 Å². The molecule has 0 saturated carbocycles. The van der Waals surface area contributed by atoms with Crippen molar-refractivity contribution in [2.45, 2.75) is 33.0 Å². The van der Waals surface area contributed by atoms with Gasteiger partial charge in [0.2, 0.25) is 0 Å². The molecule has 0 unspecified atom stereocenters. The number of aromatic nitrogens is 2. The van der Waals surface area contributed by atoms with E-state index in [0.717, 1.165) is 23.9 Å². The van der Waals surface area contributed by atoms with Gasteiger partial charge in [0.25, 0.3) is 0 Å². The van der Waals surface area contributed by atoms with Crippen LogP contribution >= 0.6 is 22.7 Å². The summed E-state index contributed by atoms with van der Waals surface area (Å²) in [6.07, 6.45) is 2.10. The number of rotatable bonds is 6. The van der Waals surface area contributed by atoms with Gasteiger partial charge in [-0.15, -0.1) is 22.7 Å². The number of thiazole rings is 1. The van der Waals surface area contributed by atoms with Gasteiger partial charge in [-0.05, 0) is 32.3 Å². The van der Waals surface area contributed by atoms with Gasteiger partial charge in [-0.25, -0.2) is 4.98 Å². The summed E-state index contributed by atoms with van der Waals surface area (Å²) in [4.78, 5) is 9.69. The molecule has 0 atom stereocenters. The van der Waals surface area contributed by atoms with Crippen molar-refractivity contribution in [3.63, 3.8) is 0 Å². The van der Waals surface area contributed by atoms with Crippen LogP contribution in [0.25, 0.3) is 4.96 Å². The Bertz CT molecular complexity index is 696. The fraction of sp³-hybridized carbons (Fsp3) is 0.400. The maximum Gasteiger partial charge on any atom is 0.195 e. The van der Waals surface area contributed by atoms with Gasteiger partial charge in [0, 0.05) is 29.0 Å². The summed E-state index contributed by atoms with van der Waals surface area (Å²) in [5.74, 6) is 1.10. The van der Waals surface area contributed by atoms with Crippen molar-refractivity contribution in [2.24, 2.45) is 0 Å². The van der Waals surface area contributed by atoms with E-state index in [4.69, 9.17) is 4.98 Å². The molecule has 0 aromatic carbocycles. The Morgan fingerprint density at radius 1 is 1.33 bits per heavy atom. The molecule has 0 spiro atoms. The summed E-state index contributed by atoms with van der Waals surface area (Å²) in [5.41, 5.74) is 1.24. The number of nitrogens with one attached hydrogen (secondary N) is 1. The van der Waals surface area contributed by atoms with E-state index < -0.39 is 0 Å². The van der Waals surface area contributed by atoms with Crippen LogP contribution in [0.5, 0.6) is 0 Å². The summed E-state index contributed by atoms with van der Waals surface area (Å²) in [7, 11) is 1.98. The van der Waals surface area contributed by atoms with Crippen LogP contribution in [-0.4, -0.2) is 22.5 Å². The zero-order valence-electron chi connectivity index (χ0n) is 12.5. The number of fused-ring (bicyclic) bond motifs is 1. The first-order valence-corrected chi connectivity index (χ1v) is 8.84. The third kappa shape index (κ3) is 2.84. The third-order valence-electron chi connectivity index (χ3n) is 3.49. The highest BCUT2D eigenvalue weighted by Gasteiger charge is 2.21. The third-order valence-corrected chi connectivity index (χ3v) is 5.10. The SMILES string of the molecule is CNCc1c(N(Cc2cccs2)C(C)C)nc2sccn12. The van der Waals surface area contributed by atoms with Crippen molar-refractivity contribution in [2.75, 3.05) is 11.9 Å². The van der Waals surface area contributed by atoms with E-state index in [2.05, 4.69) is 57.6 Å². The molecule has 3 aromatic heterocycles. The van der Waals surface area contributed by atoms with Gasteiger partial charge in [0.1, 0.15) is 0 Å². The van der Waals surface area contributed by atoms with Crippen molar-refractivity contribution < 1.29 is 0 Å². The number of thiophene rings is 1. The van der Waals surface area contributed by atoms with Crippen molar-refractivity contribution in [1.82, 2.24) is 14.7 Å². The zero-order valence-corrected chi connectivity index (χ0v) is 14.2. The van der Waals surface area contributed by atoms with Gasteiger partial charge in [-0.1, -0.05) is 6.07 Å². The molecule has 0 aliphatic heterocycles. The molecule has 0 radical (unpaired) electrons. The minimum atomic E-state index is 0.410. The molecule has 1 N–H and O–H groups in total. The molecule has 0 aliphatic rings. The smallest absolute Gasteiger partial charge is 0.195 e. The van der Waals surface area contributed by atoms with Crippen molar-refractivity contribution in [3.8, 4) is 0 Å². The van der Waals surface area contributed by atoms with Crippen molar-refractivity contribution >= 4 is 33.5 Å². The first kappa shape index (κ1) is 14.6. The molecule has 0 aliphatic carbocycles. The summed E-state index contributed by atoms with van der Waals surface area (Å²) < 4.78 is 2.19. The topological polar surface area (TPSA) is 32.6 Å². The van der Waals surface area contributed by atoms with Gasteiger partial charge in [0.15, 0.2) is 10.8 Å². The Hall–Kier alpha value is -1.37. The van der Waals surface area contributed by atoms with E-state index >= 15 is 0 Å². The lowest BCUT2D eigenvalue weighted by molar-refractivity contribution is 0.668. The number of imidazole rings is 1. The molecule has 3 aromatic rings. The lowest BCUT2D eigenvalue weighted by Gasteiger charge is -2.27. The van der Waals surface area contributed by atoms with E-state index in [0.29, 0.717) is 6.04 Å². The molecule has 3 heterocycles. The predicted octanol–water partition coefficient (Wildman–Crippen LogP) is 3.59. The summed E-state index contributed by atoms with van der Waals surface area (Å²) in [6, 6.07) is 4.71. The van der Waals surface area contributed by atoms with Crippen LogP contribution in [0.4, 0.5) is 5.82 Å². The van der Waals surface area contributed by atoms with Crippen LogP contribution in [0.3, 0.4) is 0 Å². The van der Waals surface area contributed by atoms with Crippen LogP contribution in [0, 0.1) is 0 Å². The van der Waals surface area contributed by atoms with Crippen LogP contribution < -0.4 is 10.2 Å². The molecule has 4 nitrogen and oxygen atoms in total. The van der Waals surface area contributed by atoms with E-state index in [1.807, 2.05) is 7.05 Å². The minimum Gasteiger partial charge on any atom is -0.347 e. The largest absolute Gasteiger partial charge is 0.347 e. The molecular weight excluding hydrogens is 300 g/mol. The molecule has 112 valence electrons. The second-order valence-electron chi connectivity index (χ2n) is 5.27. The number of nitrogens with zero attached hydrogens (tertiary/aromatic N) is 3. The average molecular weight is 320 g/mol. The highest BCUT2D eigenvalue weighted by atomic mass is 32.1. The quantitative estimate of drug-likeness (QED) is 0.753. The van der Waals surface area contributed by atoms with E-state index in [1.54, 1.807) is 22.7 Å². The molecule has 0 bridgehead atoms. The van der Waals surface area contributed by atoms with Gasteiger partial charge >= 0.3 is 0 Å². The Kier molecular flexibility index (Phi) is 4.28. The Morgan fingerprint density at radius 3 is 2.86 bits per heavy atom. The minimum absolute atomic E-state index is 0.410. The summed E-state index contributed by atoms with van der Waals surface area (Å²) >= 11 is 3.49. The predicted molar refractivity (Wildman–Crippen MR) is 91.5 cm³/mol. The van der Waals surface area contributed by atoms with Gasteiger partial charge in [-0.2, -0.15) is 0 Å². The molecule has 0 amide bonds. The first-order chi connectivity index (χ1) is 10.2. The average Bonchev–Trinajstić information content (AvgIpc) is 3.14. The second-order valence-corrected chi connectivity index (χ2v) is 7.17. The Labute approximate surface area is 133 Å². The fourth-order valence-electron chi connectivity index (χ4n) is 2.46. The molecule has 0 fully saturated rings.